The summed E-state index contributed by atoms with van der Waals surface area (Å²) in [5.74, 6) is 2.35. The van der Waals surface area contributed by atoms with Crippen LogP contribution in [0.15, 0.2) is 60.7 Å². The van der Waals surface area contributed by atoms with Gasteiger partial charge in [0.05, 0.1) is 0 Å². The summed E-state index contributed by atoms with van der Waals surface area (Å²) < 4.78 is 3.63. The highest BCUT2D eigenvalue weighted by Gasteiger charge is 2.11. The molecule has 0 aliphatic carbocycles. The lowest BCUT2D eigenvalue weighted by molar-refractivity contribution is 1.35. The van der Waals surface area contributed by atoms with Crippen LogP contribution in [0.3, 0.4) is 0 Å². The van der Waals surface area contributed by atoms with E-state index < -0.39 is 14.4 Å². The molecule has 0 fully saturated rings. The van der Waals surface area contributed by atoms with Crippen molar-refractivity contribution in [3.8, 4) is 0 Å². The Morgan fingerprint density at radius 1 is 0.875 bits per heavy atom. The van der Waals surface area contributed by atoms with Crippen molar-refractivity contribution in [3.63, 3.8) is 0 Å². The van der Waals surface area contributed by atoms with E-state index in [4.69, 9.17) is 0 Å². The Morgan fingerprint density at radius 3 is 2.06 bits per heavy atom. The molecule has 0 saturated carbocycles. The van der Waals surface area contributed by atoms with Crippen LogP contribution in [0, 0.1) is 0 Å². The van der Waals surface area contributed by atoms with Crippen LogP contribution in [0.5, 0.6) is 0 Å². The van der Waals surface area contributed by atoms with Crippen molar-refractivity contribution in [1.29, 1.82) is 0 Å². The Hall–Kier alpha value is -1.23. The number of para-hydroxylation sites is 1. The second-order valence-electron chi connectivity index (χ2n) is 4.10. The normalized spacial score (nSPS) is 9.81. The largest absolute Gasteiger partial charge is 0.476 e. The van der Waals surface area contributed by atoms with Crippen molar-refractivity contribution in [2.24, 2.45) is 0 Å². The maximum atomic E-state index is 3.63. The van der Waals surface area contributed by atoms with Crippen molar-refractivity contribution < 1.29 is 0 Å². The van der Waals surface area contributed by atoms with Gasteiger partial charge in [-0.25, -0.2) is 0 Å². The van der Waals surface area contributed by atoms with E-state index in [9.17, 15) is 0 Å². The van der Waals surface area contributed by atoms with Crippen LogP contribution >= 0.6 is 0 Å². The summed E-state index contributed by atoms with van der Waals surface area (Å²) in [5.41, 5.74) is 2.68. The van der Waals surface area contributed by atoms with Gasteiger partial charge in [-0.05, 0) is 17.4 Å². The van der Waals surface area contributed by atoms with E-state index in [1.54, 1.807) is 0 Å². The molecule has 16 heavy (non-hydrogen) atoms. The summed E-state index contributed by atoms with van der Waals surface area (Å²) in [5, 5.41) is 1.19. The third-order valence-corrected chi connectivity index (χ3v) is 4.48. The van der Waals surface area contributed by atoms with E-state index in [-0.39, 0.29) is 0 Å². The average Bonchev–Trinajstić information content (AvgIpc) is 2.31. The molecule has 0 saturated heterocycles. The topological polar surface area (TPSA) is 12.0 Å². The molecule has 0 amide bonds. The Balaban J connectivity index is 1.92. The predicted molar refractivity (Wildman–Crippen MR) is 71.8 cm³/mol. The van der Waals surface area contributed by atoms with Gasteiger partial charge in [-0.2, -0.15) is 0 Å². The minimum Gasteiger partial charge on any atom is -0.476 e. The molecule has 2 aromatic carbocycles. The summed E-state index contributed by atoms with van der Waals surface area (Å²) in [6.45, 7) is 0. The van der Waals surface area contributed by atoms with Crippen LogP contribution in [0.25, 0.3) is 0 Å². The van der Waals surface area contributed by atoms with Crippen LogP contribution in [0.4, 0.5) is 5.69 Å². The van der Waals surface area contributed by atoms with Gasteiger partial charge in [-0.15, -0.1) is 0 Å². The monoisotopic (exact) mass is 225 g/mol. The van der Waals surface area contributed by atoms with Crippen molar-refractivity contribution in [1.82, 2.24) is 0 Å². The van der Waals surface area contributed by atoms with Gasteiger partial charge in [-0.1, -0.05) is 59.9 Å². The fourth-order valence-corrected chi connectivity index (χ4v) is 3.68. The summed E-state index contributed by atoms with van der Waals surface area (Å²) in [7, 11) is 0. The van der Waals surface area contributed by atoms with Crippen molar-refractivity contribution in [3.05, 3.63) is 66.2 Å². The van der Waals surface area contributed by atoms with E-state index in [2.05, 4.69) is 70.7 Å². The number of anilines is 1. The summed E-state index contributed by atoms with van der Waals surface area (Å²) in [4.78, 5) is 0. The van der Waals surface area contributed by atoms with Gasteiger partial charge in [0, 0.05) is 5.69 Å². The first-order valence-electron chi connectivity index (χ1n) is 5.70. The molecule has 0 unspecified atom stereocenters. The standard InChI is InChI=1S/C7H7.C6H6N.CH3.Al/c1-7-5-3-2-4-6-7;7-6-4-2-1-3-5-6;;/h2-6H,1H2;1-5,7H;1H3;/q;-1;;+1. The van der Waals surface area contributed by atoms with Gasteiger partial charge in [-0.3, -0.25) is 0 Å². The molecule has 0 bridgehead atoms. The first kappa shape index (κ1) is 11.3. The number of nitrogens with one attached hydrogen (secondary N) is 1. The third-order valence-electron chi connectivity index (χ3n) is 2.57. The molecule has 0 radical (unpaired) electrons. The van der Waals surface area contributed by atoms with E-state index in [0.717, 1.165) is 0 Å². The molecule has 0 aliphatic heterocycles. The van der Waals surface area contributed by atoms with Crippen LogP contribution in [-0.2, 0) is 5.28 Å². The van der Waals surface area contributed by atoms with Crippen LogP contribution in [0.1, 0.15) is 5.56 Å². The van der Waals surface area contributed by atoms with Crippen molar-refractivity contribution in [2.75, 3.05) is 4.30 Å². The first-order chi connectivity index (χ1) is 7.84. The molecule has 0 spiro atoms. The van der Waals surface area contributed by atoms with Crippen molar-refractivity contribution in [2.45, 2.75) is 11.1 Å². The zero-order valence-corrected chi connectivity index (χ0v) is 10.7. The molecule has 0 heterocycles. The van der Waals surface area contributed by atoms with E-state index in [0.29, 0.717) is 0 Å². The molecule has 2 aromatic rings. The second-order valence-corrected chi connectivity index (χ2v) is 6.60. The predicted octanol–water partition coefficient (Wildman–Crippen LogP) is 3.50. The zero-order chi connectivity index (χ0) is 11.2. The summed E-state index contributed by atoms with van der Waals surface area (Å²) >= 11 is -0.905. The lowest BCUT2D eigenvalue weighted by Crippen LogP contribution is -2.23. The fourth-order valence-electron chi connectivity index (χ4n) is 1.84. The maximum absolute atomic E-state index is 3.63. The molecule has 0 aliphatic rings. The second kappa shape index (κ2) is 5.75. The molecular formula is C14H16AlN. The molecular weight excluding hydrogens is 209 g/mol. The van der Waals surface area contributed by atoms with Gasteiger partial charge in [0.2, 0.25) is 0 Å². The smallest absolute Gasteiger partial charge is 0.412 e. The zero-order valence-electron chi connectivity index (χ0n) is 9.56. The number of rotatable bonds is 4. The number of hydrogen-bond acceptors (Lipinski definition) is 1. The maximum Gasteiger partial charge on any atom is 0.412 e. The third kappa shape index (κ3) is 3.41. The highest BCUT2D eigenvalue weighted by Crippen LogP contribution is 2.08. The average molecular weight is 225 g/mol. The van der Waals surface area contributed by atoms with Crippen LogP contribution in [-0.4, -0.2) is 14.4 Å². The number of hydrogen-bond donors (Lipinski definition) is 1. The number of benzene rings is 2. The molecule has 0 atom stereocenters. The van der Waals surface area contributed by atoms with Gasteiger partial charge < -0.3 is 4.30 Å². The Labute approximate surface area is 102 Å². The lowest BCUT2D eigenvalue weighted by Gasteiger charge is -2.10. The lowest BCUT2D eigenvalue weighted by atomic mass is 10.2. The summed E-state index contributed by atoms with van der Waals surface area (Å²) in [6, 6.07) is 21.2. The quantitative estimate of drug-likeness (QED) is 0.785. The van der Waals surface area contributed by atoms with Gasteiger partial charge in [0.15, 0.2) is 0 Å². The first-order valence-corrected chi connectivity index (χ1v) is 8.25. The molecule has 0 aromatic heterocycles. The highest BCUT2D eigenvalue weighted by atomic mass is 27.2. The minimum absolute atomic E-state index is 0.905. The molecule has 1 nitrogen and oxygen atoms in total. The Morgan fingerprint density at radius 2 is 1.44 bits per heavy atom. The molecule has 1 N–H and O–H groups in total. The summed E-state index contributed by atoms with van der Waals surface area (Å²) in [6.07, 6.45) is 0. The van der Waals surface area contributed by atoms with Gasteiger partial charge in [0.25, 0.3) is 0 Å². The molecule has 80 valence electrons. The van der Waals surface area contributed by atoms with Crippen molar-refractivity contribution >= 4 is 20.1 Å². The van der Waals surface area contributed by atoms with E-state index in [1.165, 1.54) is 16.5 Å². The fraction of sp³-hybridized carbons (Fsp3) is 0.143. The van der Waals surface area contributed by atoms with Gasteiger partial charge >= 0.3 is 14.4 Å². The van der Waals surface area contributed by atoms with E-state index in [1.807, 2.05) is 0 Å². The Bertz CT molecular complexity index is 372. The van der Waals surface area contributed by atoms with Crippen LogP contribution in [0.2, 0.25) is 5.79 Å². The minimum atomic E-state index is -0.905. The SMILES string of the molecule is [CH3][Al]([CH2]c1ccccc1)[NH]c1ccccc1. The molecule has 2 rings (SSSR count). The van der Waals surface area contributed by atoms with Gasteiger partial charge in [0.1, 0.15) is 0 Å². The van der Waals surface area contributed by atoms with E-state index >= 15 is 0 Å². The highest BCUT2D eigenvalue weighted by molar-refractivity contribution is 6.60. The molecule has 2 heteroatoms. The Kier molecular flexibility index (Phi) is 4.05. The van der Waals surface area contributed by atoms with Crippen LogP contribution < -0.4 is 4.30 Å².